The van der Waals surface area contributed by atoms with E-state index in [9.17, 15) is 4.39 Å². The highest BCUT2D eigenvalue weighted by Crippen LogP contribution is 2.33. The number of rotatable bonds is 17. The third-order valence-corrected chi connectivity index (χ3v) is 5.48. The molecule has 0 aliphatic rings. The van der Waals surface area contributed by atoms with Gasteiger partial charge in [0.1, 0.15) is 5.82 Å². The topological polar surface area (TPSA) is 27.7 Å². The van der Waals surface area contributed by atoms with E-state index >= 15 is 0 Å². The number of ether oxygens (including phenoxy) is 3. The molecular formula is C24H41FO3. The van der Waals surface area contributed by atoms with E-state index in [2.05, 4.69) is 6.92 Å². The van der Waals surface area contributed by atoms with Gasteiger partial charge >= 0.3 is 0 Å². The van der Waals surface area contributed by atoms with Gasteiger partial charge in [0, 0.05) is 26.7 Å². The lowest BCUT2D eigenvalue weighted by atomic mass is 9.91. The number of hydrogen-bond donors (Lipinski definition) is 0. The predicted octanol–water partition coefficient (Wildman–Crippen LogP) is 6.89. The lowest BCUT2D eigenvalue weighted by molar-refractivity contribution is -0.388. The van der Waals surface area contributed by atoms with Crippen LogP contribution in [0.25, 0.3) is 0 Å². The van der Waals surface area contributed by atoms with E-state index in [0.29, 0.717) is 6.61 Å². The molecule has 0 saturated carbocycles. The highest BCUT2D eigenvalue weighted by Gasteiger charge is 2.39. The Balaban J connectivity index is 2.55. The van der Waals surface area contributed by atoms with Gasteiger partial charge in [-0.05, 0) is 50.3 Å². The van der Waals surface area contributed by atoms with Crippen molar-refractivity contribution in [3.63, 3.8) is 0 Å². The summed E-state index contributed by atoms with van der Waals surface area (Å²) in [4.78, 5) is 0. The SMILES string of the molecule is CCCCCCCCC(CCCCc1cccc(F)c1)C(OC)(OC)OCC. The van der Waals surface area contributed by atoms with Gasteiger partial charge in [0.2, 0.25) is 0 Å². The summed E-state index contributed by atoms with van der Waals surface area (Å²) in [6.45, 7) is 4.77. The molecule has 0 aromatic heterocycles. The van der Waals surface area contributed by atoms with Gasteiger partial charge in [0.05, 0.1) is 0 Å². The Bertz CT molecular complexity index is 502. The van der Waals surface area contributed by atoms with Crippen LogP contribution < -0.4 is 0 Å². The molecule has 1 rings (SSSR count). The summed E-state index contributed by atoms with van der Waals surface area (Å²) < 4.78 is 30.7. The van der Waals surface area contributed by atoms with Crippen molar-refractivity contribution < 1.29 is 18.6 Å². The Labute approximate surface area is 172 Å². The van der Waals surface area contributed by atoms with E-state index in [0.717, 1.165) is 37.7 Å². The van der Waals surface area contributed by atoms with Crippen molar-refractivity contribution in [1.82, 2.24) is 0 Å². The largest absolute Gasteiger partial charge is 0.331 e. The molecule has 0 fully saturated rings. The van der Waals surface area contributed by atoms with Crippen molar-refractivity contribution in [2.75, 3.05) is 20.8 Å². The van der Waals surface area contributed by atoms with Crippen LogP contribution in [0.1, 0.15) is 83.6 Å². The number of aryl methyl sites for hydroxylation is 1. The van der Waals surface area contributed by atoms with E-state index in [1.165, 1.54) is 44.6 Å². The number of methoxy groups -OCH3 is 2. The van der Waals surface area contributed by atoms with Gasteiger partial charge in [0.25, 0.3) is 5.97 Å². The second-order valence-corrected chi connectivity index (χ2v) is 7.57. The summed E-state index contributed by atoms with van der Waals surface area (Å²) in [5.74, 6) is -0.925. The van der Waals surface area contributed by atoms with Crippen molar-refractivity contribution in [3.05, 3.63) is 35.6 Å². The fourth-order valence-electron chi connectivity index (χ4n) is 3.93. The molecular weight excluding hydrogens is 355 g/mol. The molecule has 0 N–H and O–H groups in total. The first-order valence-electron chi connectivity index (χ1n) is 11.1. The quantitative estimate of drug-likeness (QED) is 0.212. The van der Waals surface area contributed by atoms with Crippen LogP contribution in [0, 0.1) is 11.7 Å². The number of unbranched alkanes of at least 4 members (excludes halogenated alkanes) is 6. The molecule has 0 bridgehead atoms. The average Bonchev–Trinajstić information content (AvgIpc) is 2.70. The predicted molar refractivity (Wildman–Crippen MR) is 114 cm³/mol. The van der Waals surface area contributed by atoms with E-state index in [1.54, 1.807) is 26.4 Å². The maximum atomic E-state index is 13.3. The fourth-order valence-corrected chi connectivity index (χ4v) is 3.93. The minimum absolute atomic E-state index is 0.160. The average molecular weight is 397 g/mol. The molecule has 1 aromatic carbocycles. The van der Waals surface area contributed by atoms with Gasteiger partial charge < -0.3 is 14.2 Å². The minimum atomic E-state index is -0.961. The molecule has 28 heavy (non-hydrogen) atoms. The first-order chi connectivity index (χ1) is 13.6. The second-order valence-electron chi connectivity index (χ2n) is 7.57. The molecule has 1 unspecified atom stereocenters. The molecule has 3 nitrogen and oxygen atoms in total. The van der Waals surface area contributed by atoms with Gasteiger partial charge in [-0.1, -0.05) is 64.0 Å². The Morgan fingerprint density at radius 3 is 2.14 bits per heavy atom. The molecule has 0 saturated heterocycles. The van der Waals surface area contributed by atoms with Crippen molar-refractivity contribution in [2.24, 2.45) is 5.92 Å². The van der Waals surface area contributed by atoms with Crippen molar-refractivity contribution >= 4 is 0 Å². The molecule has 1 aromatic rings. The van der Waals surface area contributed by atoms with Crippen LogP contribution >= 0.6 is 0 Å². The molecule has 162 valence electrons. The molecule has 0 spiro atoms. The van der Waals surface area contributed by atoms with Crippen LogP contribution in [-0.2, 0) is 20.6 Å². The summed E-state index contributed by atoms with van der Waals surface area (Å²) in [5.41, 5.74) is 1.06. The lowest BCUT2D eigenvalue weighted by Crippen LogP contribution is -2.45. The third kappa shape index (κ3) is 9.02. The highest BCUT2D eigenvalue weighted by molar-refractivity contribution is 5.16. The van der Waals surface area contributed by atoms with E-state index in [4.69, 9.17) is 14.2 Å². The summed E-state index contributed by atoms with van der Waals surface area (Å²) >= 11 is 0. The molecule has 1 atom stereocenters. The Morgan fingerprint density at radius 2 is 1.54 bits per heavy atom. The molecule has 0 amide bonds. The van der Waals surface area contributed by atoms with Crippen LogP contribution in [0.3, 0.4) is 0 Å². The summed E-state index contributed by atoms with van der Waals surface area (Å²) in [6.07, 6.45) is 12.6. The van der Waals surface area contributed by atoms with Crippen molar-refractivity contribution in [3.8, 4) is 0 Å². The van der Waals surface area contributed by atoms with Crippen LogP contribution in [0.15, 0.2) is 24.3 Å². The number of benzene rings is 1. The maximum absolute atomic E-state index is 13.3. The zero-order valence-electron chi connectivity index (χ0n) is 18.5. The van der Waals surface area contributed by atoms with Gasteiger partial charge in [0.15, 0.2) is 0 Å². The molecule has 0 heterocycles. The molecule has 0 radical (unpaired) electrons. The molecule has 0 aliphatic carbocycles. The van der Waals surface area contributed by atoms with Crippen LogP contribution in [0.2, 0.25) is 0 Å². The van der Waals surface area contributed by atoms with Crippen LogP contribution in [0.4, 0.5) is 4.39 Å². The normalized spacial score (nSPS) is 13.0. The number of hydrogen-bond acceptors (Lipinski definition) is 3. The standard InChI is InChI=1S/C24H41FO3/c1-5-7-8-9-10-11-17-22(24(26-3,27-4)28-6-2)18-13-12-15-21-16-14-19-23(25)20-21/h14,16,19-20,22H,5-13,15,17-18H2,1-4H3. The molecule has 4 heteroatoms. The first-order valence-corrected chi connectivity index (χ1v) is 11.1. The molecule has 0 aliphatic heterocycles. The Kier molecular flexibility index (Phi) is 13.4. The zero-order valence-corrected chi connectivity index (χ0v) is 18.5. The van der Waals surface area contributed by atoms with Gasteiger partial charge in [-0.25, -0.2) is 4.39 Å². The van der Waals surface area contributed by atoms with E-state index in [1.807, 2.05) is 13.0 Å². The van der Waals surface area contributed by atoms with Crippen molar-refractivity contribution in [2.45, 2.75) is 90.4 Å². The first kappa shape index (κ1) is 25.1. The van der Waals surface area contributed by atoms with Crippen LogP contribution in [0.5, 0.6) is 0 Å². The highest BCUT2D eigenvalue weighted by atomic mass is 19.1. The minimum Gasteiger partial charge on any atom is -0.331 e. The monoisotopic (exact) mass is 396 g/mol. The smallest absolute Gasteiger partial charge is 0.285 e. The van der Waals surface area contributed by atoms with E-state index < -0.39 is 5.97 Å². The van der Waals surface area contributed by atoms with Crippen LogP contribution in [-0.4, -0.2) is 26.8 Å². The zero-order chi connectivity index (χ0) is 20.7. The van der Waals surface area contributed by atoms with Gasteiger partial charge in [-0.15, -0.1) is 0 Å². The summed E-state index contributed by atoms with van der Waals surface area (Å²) in [7, 11) is 3.33. The van der Waals surface area contributed by atoms with Crippen molar-refractivity contribution in [1.29, 1.82) is 0 Å². The van der Waals surface area contributed by atoms with E-state index in [-0.39, 0.29) is 11.7 Å². The number of halogens is 1. The van der Waals surface area contributed by atoms with Gasteiger partial charge in [-0.3, -0.25) is 0 Å². The fraction of sp³-hybridized carbons (Fsp3) is 0.750. The summed E-state index contributed by atoms with van der Waals surface area (Å²) in [6, 6.07) is 6.89. The Hall–Kier alpha value is -0.970. The maximum Gasteiger partial charge on any atom is 0.285 e. The Morgan fingerprint density at radius 1 is 0.893 bits per heavy atom. The lowest BCUT2D eigenvalue weighted by Gasteiger charge is -2.37. The van der Waals surface area contributed by atoms with Gasteiger partial charge in [-0.2, -0.15) is 0 Å². The third-order valence-electron chi connectivity index (χ3n) is 5.48. The second kappa shape index (κ2) is 14.9. The summed E-state index contributed by atoms with van der Waals surface area (Å²) in [5, 5.41) is 0.